The van der Waals surface area contributed by atoms with E-state index in [1.807, 2.05) is 30.3 Å². The van der Waals surface area contributed by atoms with Crippen LogP contribution in [0.3, 0.4) is 0 Å². The first kappa shape index (κ1) is 17.5. The van der Waals surface area contributed by atoms with Crippen molar-refractivity contribution >= 4 is 17.8 Å². The number of amides is 2. The molecular formula is C19H24N2O4. The summed E-state index contributed by atoms with van der Waals surface area (Å²) >= 11 is 0. The standard InChI is InChI=1S/C19H24N2O4/c22-16-10-5-4-9-15(20-16)17(23)21-19(11-6-12-19)18(24)25-13-14-7-2-1-3-8-14/h1-3,7-8,15H,4-6,9-13H2,(H,20,22)(H,21,23). The number of ether oxygens (including phenoxy) is 1. The maximum absolute atomic E-state index is 12.5. The van der Waals surface area contributed by atoms with Crippen molar-refractivity contribution in [3.05, 3.63) is 35.9 Å². The second-order valence-electron chi connectivity index (χ2n) is 6.85. The lowest BCUT2D eigenvalue weighted by molar-refractivity contribution is -0.159. The van der Waals surface area contributed by atoms with Crippen LogP contribution in [-0.2, 0) is 25.7 Å². The van der Waals surface area contributed by atoms with Gasteiger partial charge in [0, 0.05) is 6.42 Å². The molecule has 1 aromatic carbocycles. The second-order valence-corrected chi connectivity index (χ2v) is 6.85. The average molecular weight is 344 g/mol. The first-order valence-electron chi connectivity index (χ1n) is 8.92. The molecule has 6 heteroatoms. The maximum Gasteiger partial charge on any atom is 0.332 e. The molecule has 1 saturated carbocycles. The molecule has 0 spiro atoms. The molecule has 25 heavy (non-hydrogen) atoms. The number of hydrogen-bond donors (Lipinski definition) is 2. The lowest BCUT2D eigenvalue weighted by atomic mass is 9.76. The summed E-state index contributed by atoms with van der Waals surface area (Å²) in [6, 6.07) is 8.90. The maximum atomic E-state index is 12.5. The van der Waals surface area contributed by atoms with Gasteiger partial charge >= 0.3 is 5.97 Å². The molecule has 0 bridgehead atoms. The van der Waals surface area contributed by atoms with E-state index in [1.54, 1.807) is 0 Å². The molecule has 3 rings (SSSR count). The van der Waals surface area contributed by atoms with Gasteiger partial charge in [-0.1, -0.05) is 36.8 Å². The number of carbonyl (C=O) groups is 3. The smallest absolute Gasteiger partial charge is 0.332 e. The molecule has 2 N–H and O–H groups in total. The molecule has 2 aliphatic rings. The van der Waals surface area contributed by atoms with Gasteiger partial charge in [-0.25, -0.2) is 4.79 Å². The van der Waals surface area contributed by atoms with E-state index < -0.39 is 17.6 Å². The number of rotatable bonds is 5. The zero-order valence-electron chi connectivity index (χ0n) is 14.3. The molecule has 6 nitrogen and oxygen atoms in total. The number of esters is 1. The van der Waals surface area contributed by atoms with Gasteiger partial charge in [0.25, 0.3) is 0 Å². The van der Waals surface area contributed by atoms with Crippen LogP contribution in [0.25, 0.3) is 0 Å². The highest BCUT2D eigenvalue weighted by Gasteiger charge is 2.47. The summed E-state index contributed by atoms with van der Waals surface area (Å²) in [6.45, 7) is 0.192. The van der Waals surface area contributed by atoms with E-state index in [-0.39, 0.29) is 18.4 Å². The SMILES string of the molecule is O=C1CCCCC(C(=O)NC2(C(=O)OCc3ccccc3)CCC2)N1. The normalized spacial score (nSPS) is 22.1. The number of carbonyl (C=O) groups excluding carboxylic acids is 3. The summed E-state index contributed by atoms with van der Waals surface area (Å²) in [4.78, 5) is 36.8. The van der Waals surface area contributed by atoms with Crippen LogP contribution in [0.4, 0.5) is 0 Å². The minimum absolute atomic E-state index is 0.105. The van der Waals surface area contributed by atoms with E-state index in [2.05, 4.69) is 10.6 Å². The van der Waals surface area contributed by atoms with Crippen molar-refractivity contribution in [1.29, 1.82) is 0 Å². The summed E-state index contributed by atoms with van der Waals surface area (Å²) in [7, 11) is 0. The van der Waals surface area contributed by atoms with Gasteiger partial charge in [-0.05, 0) is 37.7 Å². The summed E-state index contributed by atoms with van der Waals surface area (Å²) < 4.78 is 5.43. The van der Waals surface area contributed by atoms with Gasteiger partial charge in [-0.2, -0.15) is 0 Å². The Morgan fingerprint density at radius 3 is 2.60 bits per heavy atom. The van der Waals surface area contributed by atoms with Crippen molar-refractivity contribution in [2.24, 2.45) is 0 Å². The predicted molar refractivity (Wildman–Crippen MR) is 91.4 cm³/mol. The van der Waals surface area contributed by atoms with Crippen molar-refractivity contribution in [2.45, 2.75) is 63.1 Å². The topological polar surface area (TPSA) is 84.5 Å². The minimum Gasteiger partial charge on any atom is -0.459 e. The Morgan fingerprint density at radius 2 is 1.92 bits per heavy atom. The zero-order chi connectivity index (χ0) is 17.7. The quantitative estimate of drug-likeness (QED) is 0.798. The molecule has 0 radical (unpaired) electrons. The van der Waals surface area contributed by atoms with Crippen molar-refractivity contribution in [3.63, 3.8) is 0 Å². The highest BCUT2D eigenvalue weighted by Crippen LogP contribution is 2.33. The third-order valence-electron chi connectivity index (χ3n) is 4.97. The fourth-order valence-corrected chi connectivity index (χ4v) is 3.26. The Bertz CT molecular complexity index is 640. The van der Waals surface area contributed by atoms with Crippen LogP contribution in [0.2, 0.25) is 0 Å². The fraction of sp³-hybridized carbons (Fsp3) is 0.526. The molecule has 1 aliphatic carbocycles. The van der Waals surface area contributed by atoms with E-state index in [9.17, 15) is 14.4 Å². The summed E-state index contributed by atoms with van der Waals surface area (Å²) in [5.41, 5.74) is -0.0317. The first-order chi connectivity index (χ1) is 12.1. The predicted octanol–water partition coefficient (Wildman–Crippen LogP) is 1.83. The average Bonchev–Trinajstić information content (AvgIpc) is 2.81. The Balaban J connectivity index is 1.59. The zero-order valence-corrected chi connectivity index (χ0v) is 14.3. The van der Waals surface area contributed by atoms with Crippen molar-refractivity contribution < 1.29 is 19.1 Å². The van der Waals surface area contributed by atoms with Crippen LogP contribution in [-0.4, -0.2) is 29.4 Å². The molecule has 0 aromatic heterocycles. The van der Waals surface area contributed by atoms with Gasteiger partial charge in [0.15, 0.2) is 0 Å². The molecule has 2 amide bonds. The van der Waals surface area contributed by atoms with E-state index in [0.29, 0.717) is 25.7 Å². The van der Waals surface area contributed by atoms with Gasteiger partial charge in [-0.3, -0.25) is 9.59 Å². The summed E-state index contributed by atoms with van der Waals surface area (Å²) in [5, 5.41) is 5.60. The first-order valence-corrected chi connectivity index (χ1v) is 8.92. The van der Waals surface area contributed by atoms with E-state index >= 15 is 0 Å². The van der Waals surface area contributed by atoms with Crippen LogP contribution in [0.1, 0.15) is 50.5 Å². The molecule has 1 heterocycles. The molecule has 1 aromatic rings. The second kappa shape index (κ2) is 7.68. The fourth-order valence-electron chi connectivity index (χ4n) is 3.26. The van der Waals surface area contributed by atoms with Crippen LogP contribution in [0.5, 0.6) is 0 Å². The van der Waals surface area contributed by atoms with Gasteiger partial charge in [0.2, 0.25) is 11.8 Å². The number of benzene rings is 1. The molecule has 1 aliphatic heterocycles. The van der Waals surface area contributed by atoms with Crippen LogP contribution < -0.4 is 10.6 Å². The Hall–Kier alpha value is -2.37. The Morgan fingerprint density at radius 1 is 1.16 bits per heavy atom. The molecule has 2 fully saturated rings. The molecule has 1 unspecified atom stereocenters. The third kappa shape index (κ3) is 4.18. The van der Waals surface area contributed by atoms with Crippen LogP contribution in [0, 0.1) is 0 Å². The van der Waals surface area contributed by atoms with E-state index in [1.165, 1.54) is 0 Å². The molecule has 134 valence electrons. The van der Waals surface area contributed by atoms with Crippen molar-refractivity contribution in [3.8, 4) is 0 Å². The van der Waals surface area contributed by atoms with Gasteiger partial charge in [0.1, 0.15) is 18.2 Å². The minimum atomic E-state index is -0.942. The highest BCUT2D eigenvalue weighted by molar-refractivity contribution is 5.93. The lowest BCUT2D eigenvalue weighted by Crippen LogP contribution is -2.63. The third-order valence-corrected chi connectivity index (χ3v) is 4.97. The summed E-state index contributed by atoms with van der Waals surface area (Å²) in [6.07, 6.45) is 4.70. The Kier molecular flexibility index (Phi) is 5.36. The van der Waals surface area contributed by atoms with Gasteiger partial charge in [0.05, 0.1) is 0 Å². The largest absolute Gasteiger partial charge is 0.459 e. The van der Waals surface area contributed by atoms with Crippen LogP contribution in [0.15, 0.2) is 30.3 Å². The molecule has 1 atom stereocenters. The van der Waals surface area contributed by atoms with E-state index in [4.69, 9.17) is 4.74 Å². The van der Waals surface area contributed by atoms with Crippen LogP contribution >= 0.6 is 0 Å². The molecular weight excluding hydrogens is 320 g/mol. The lowest BCUT2D eigenvalue weighted by Gasteiger charge is -2.40. The van der Waals surface area contributed by atoms with Crippen molar-refractivity contribution in [1.82, 2.24) is 10.6 Å². The van der Waals surface area contributed by atoms with E-state index in [0.717, 1.165) is 24.8 Å². The number of hydrogen-bond acceptors (Lipinski definition) is 4. The van der Waals surface area contributed by atoms with Gasteiger partial charge in [-0.15, -0.1) is 0 Å². The Labute approximate surface area is 147 Å². The summed E-state index contributed by atoms with van der Waals surface area (Å²) in [5.74, 6) is -0.783. The number of nitrogens with one attached hydrogen (secondary N) is 2. The van der Waals surface area contributed by atoms with Crippen molar-refractivity contribution in [2.75, 3.05) is 0 Å². The highest BCUT2D eigenvalue weighted by atomic mass is 16.5. The monoisotopic (exact) mass is 344 g/mol. The van der Waals surface area contributed by atoms with Gasteiger partial charge < -0.3 is 15.4 Å². The molecule has 1 saturated heterocycles.